The molecule has 0 radical (unpaired) electrons. The SMILES string of the molecule is CCCC(/C=N/c1ccccn1)c1ccccc1. The first-order valence-electron chi connectivity index (χ1n) is 6.40. The summed E-state index contributed by atoms with van der Waals surface area (Å²) >= 11 is 0. The van der Waals surface area contributed by atoms with Gasteiger partial charge in [-0.3, -0.25) is 0 Å². The molecule has 1 heterocycles. The van der Waals surface area contributed by atoms with Crippen LogP contribution in [0.4, 0.5) is 5.82 Å². The van der Waals surface area contributed by atoms with E-state index in [4.69, 9.17) is 0 Å². The minimum Gasteiger partial charge on any atom is -0.241 e. The van der Waals surface area contributed by atoms with Crippen molar-refractivity contribution in [2.24, 2.45) is 4.99 Å². The maximum absolute atomic E-state index is 4.47. The Kier molecular flexibility index (Phi) is 4.65. The standard InChI is InChI=1S/C16H18N2/c1-2-8-15(14-9-4-3-5-10-14)13-18-16-11-6-7-12-17-16/h3-7,9-13,15H,2,8H2,1H3/b18-13+. The Hall–Kier alpha value is -1.96. The van der Waals surface area contributed by atoms with E-state index < -0.39 is 0 Å². The van der Waals surface area contributed by atoms with Gasteiger partial charge in [-0.1, -0.05) is 49.7 Å². The van der Waals surface area contributed by atoms with Gasteiger partial charge in [0.2, 0.25) is 0 Å². The fourth-order valence-electron chi connectivity index (χ4n) is 1.93. The average molecular weight is 238 g/mol. The smallest absolute Gasteiger partial charge is 0.151 e. The lowest BCUT2D eigenvalue weighted by Crippen LogP contribution is -1.99. The lowest BCUT2D eigenvalue weighted by Gasteiger charge is -2.10. The van der Waals surface area contributed by atoms with E-state index in [0.29, 0.717) is 5.92 Å². The van der Waals surface area contributed by atoms with Crippen LogP contribution >= 0.6 is 0 Å². The third kappa shape index (κ3) is 3.52. The van der Waals surface area contributed by atoms with Crippen molar-refractivity contribution in [3.05, 3.63) is 60.3 Å². The number of hydrogen-bond acceptors (Lipinski definition) is 2. The van der Waals surface area contributed by atoms with Gasteiger partial charge in [0.05, 0.1) is 0 Å². The van der Waals surface area contributed by atoms with Gasteiger partial charge in [-0.2, -0.15) is 0 Å². The van der Waals surface area contributed by atoms with Gasteiger partial charge >= 0.3 is 0 Å². The van der Waals surface area contributed by atoms with Crippen LogP contribution < -0.4 is 0 Å². The van der Waals surface area contributed by atoms with E-state index in [1.807, 2.05) is 30.5 Å². The molecule has 2 nitrogen and oxygen atoms in total. The zero-order valence-corrected chi connectivity index (χ0v) is 10.7. The van der Waals surface area contributed by atoms with Crippen LogP contribution in [-0.2, 0) is 0 Å². The normalized spacial score (nSPS) is 12.7. The van der Waals surface area contributed by atoms with Gasteiger partial charge in [-0.25, -0.2) is 9.98 Å². The largest absolute Gasteiger partial charge is 0.241 e. The van der Waals surface area contributed by atoms with Crippen LogP contribution in [0.5, 0.6) is 0 Å². The Morgan fingerprint density at radius 3 is 2.56 bits per heavy atom. The van der Waals surface area contributed by atoms with Crippen LogP contribution in [0.1, 0.15) is 31.2 Å². The van der Waals surface area contributed by atoms with E-state index in [1.54, 1.807) is 6.20 Å². The number of pyridine rings is 1. The minimum atomic E-state index is 0.373. The van der Waals surface area contributed by atoms with E-state index in [0.717, 1.165) is 18.7 Å². The summed E-state index contributed by atoms with van der Waals surface area (Å²) in [7, 11) is 0. The number of aromatic nitrogens is 1. The molecule has 0 saturated carbocycles. The molecule has 0 aliphatic rings. The average Bonchev–Trinajstić information content (AvgIpc) is 2.45. The third-order valence-electron chi connectivity index (χ3n) is 2.86. The molecule has 1 atom stereocenters. The monoisotopic (exact) mass is 238 g/mol. The van der Waals surface area contributed by atoms with Crippen LogP contribution in [0.25, 0.3) is 0 Å². The molecule has 1 unspecified atom stereocenters. The first-order chi connectivity index (χ1) is 8.90. The molecule has 1 aromatic heterocycles. The zero-order chi connectivity index (χ0) is 12.6. The highest BCUT2D eigenvalue weighted by atomic mass is 14.9. The number of aliphatic imine (C=N–C) groups is 1. The molecule has 0 spiro atoms. The van der Waals surface area contributed by atoms with Gasteiger partial charge in [-0.15, -0.1) is 0 Å². The predicted molar refractivity (Wildman–Crippen MR) is 76.5 cm³/mol. The molecule has 0 amide bonds. The summed E-state index contributed by atoms with van der Waals surface area (Å²) in [6, 6.07) is 16.3. The van der Waals surface area contributed by atoms with Gasteiger partial charge in [0.25, 0.3) is 0 Å². The molecule has 0 saturated heterocycles. The maximum atomic E-state index is 4.47. The maximum Gasteiger partial charge on any atom is 0.151 e. The lowest BCUT2D eigenvalue weighted by atomic mass is 9.96. The number of hydrogen-bond donors (Lipinski definition) is 0. The van der Waals surface area contributed by atoms with Gasteiger partial charge in [0, 0.05) is 18.3 Å². The zero-order valence-electron chi connectivity index (χ0n) is 10.7. The van der Waals surface area contributed by atoms with Gasteiger partial charge < -0.3 is 0 Å². The second-order valence-corrected chi connectivity index (χ2v) is 4.27. The number of nitrogens with zero attached hydrogens (tertiary/aromatic N) is 2. The molecule has 0 aliphatic carbocycles. The van der Waals surface area contributed by atoms with E-state index in [2.05, 4.69) is 41.2 Å². The lowest BCUT2D eigenvalue weighted by molar-refractivity contribution is 0.754. The molecule has 92 valence electrons. The summed E-state index contributed by atoms with van der Waals surface area (Å²) in [5.41, 5.74) is 1.32. The number of rotatable bonds is 5. The van der Waals surface area contributed by atoms with Crippen molar-refractivity contribution >= 4 is 12.0 Å². The van der Waals surface area contributed by atoms with Crippen molar-refractivity contribution in [2.75, 3.05) is 0 Å². The molecule has 18 heavy (non-hydrogen) atoms. The highest BCUT2D eigenvalue weighted by Crippen LogP contribution is 2.20. The van der Waals surface area contributed by atoms with Crippen molar-refractivity contribution in [3.8, 4) is 0 Å². The van der Waals surface area contributed by atoms with Gasteiger partial charge in [0.15, 0.2) is 5.82 Å². The molecule has 0 bridgehead atoms. The first-order valence-corrected chi connectivity index (χ1v) is 6.40. The highest BCUT2D eigenvalue weighted by molar-refractivity contribution is 5.70. The molecule has 2 aromatic rings. The first kappa shape index (κ1) is 12.5. The fourth-order valence-corrected chi connectivity index (χ4v) is 1.93. The third-order valence-corrected chi connectivity index (χ3v) is 2.86. The number of benzene rings is 1. The quantitative estimate of drug-likeness (QED) is 0.710. The van der Waals surface area contributed by atoms with Crippen molar-refractivity contribution in [3.63, 3.8) is 0 Å². The van der Waals surface area contributed by atoms with E-state index in [-0.39, 0.29) is 0 Å². The summed E-state index contributed by atoms with van der Waals surface area (Å²) in [6.07, 6.45) is 6.04. The predicted octanol–water partition coefficient (Wildman–Crippen LogP) is 4.37. The van der Waals surface area contributed by atoms with Crippen molar-refractivity contribution < 1.29 is 0 Å². The topological polar surface area (TPSA) is 25.2 Å². The Balaban J connectivity index is 2.14. The van der Waals surface area contributed by atoms with Crippen LogP contribution in [-0.4, -0.2) is 11.2 Å². The second-order valence-electron chi connectivity index (χ2n) is 4.27. The van der Waals surface area contributed by atoms with Crippen LogP contribution in [0, 0.1) is 0 Å². The second kappa shape index (κ2) is 6.70. The molecule has 2 rings (SSSR count). The molecule has 0 fully saturated rings. The van der Waals surface area contributed by atoms with Crippen molar-refractivity contribution in [1.29, 1.82) is 0 Å². The minimum absolute atomic E-state index is 0.373. The van der Waals surface area contributed by atoms with E-state index >= 15 is 0 Å². The van der Waals surface area contributed by atoms with Gasteiger partial charge in [0.1, 0.15) is 0 Å². The van der Waals surface area contributed by atoms with Gasteiger partial charge in [-0.05, 0) is 24.1 Å². The van der Waals surface area contributed by atoms with E-state index in [1.165, 1.54) is 5.56 Å². The molecule has 1 aromatic carbocycles. The molecule has 0 N–H and O–H groups in total. The summed E-state index contributed by atoms with van der Waals surface area (Å²) in [5.74, 6) is 1.15. The Morgan fingerprint density at radius 1 is 1.11 bits per heavy atom. The van der Waals surface area contributed by atoms with E-state index in [9.17, 15) is 0 Å². The molecular formula is C16H18N2. The molecule has 0 aliphatic heterocycles. The summed E-state index contributed by atoms with van der Waals surface area (Å²) in [4.78, 5) is 8.67. The van der Waals surface area contributed by atoms with Crippen LogP contribution in [0.15, 0.2) is 59.7 Å². The Labute approximate surface area is 108 Å². The summed E-state index contributed by atoms with van der Waals surface area (Å²) in [5, 5.41) is 0. The highest BCUT2D eigenvalue weighted by Gasteiger charge is 2.06. The Morgan fingerprint density at radius 2 is 1.89 bits per heavy atom. The summed E-state index contributed by atoms with van der Waals surface area (Å²) in [6.45, 7) is 2.20. The molecule has 2 heteroatoms. The van der Waals surface area contributed by atoms with Crippen LogP contribution in [0.2, 0.25) is 0 Å². The summed E-state index contributed by atoms with van der Waals surface area (Å²) < 4.78 is 0. The van der Waals surface area contributed by atoms with Crippen molar-refractivity contribution in [2.45, 2.75) is 25.7 Å². The molecular weight excluding hydrogens is 220 g/mol. The van der Waals surface area contributed by atoms with Crippen molar-refractivity contribution in [1.82, 2.24) is 4.98 Å². The Bertz CT molecular complexity index is 477. The fraction of sp³-hybridized carbons (Fsp3) is 0.250. The van der Waals surface area contributed by atoms with Crippen LogP contribution in [0.3, 0.4) is 0 Å².